The maximum absolute atomic E-state index is 14.3. The highest BCUT2D eigenvalue weighted by Gasteiger charge is 2.23. The lowest BCUT2D eigenvalue weighted by molar-refractivity contribution is 0.0760. The van der Waals surface area contributed by atoms with E-state index in [9.17, 15) is 4.39 Å². The summed E-state index contributed by atoms with van der Waals surface area (Å²) in [4.78, 5) is 8.58. The van der Waals surface area contributed by atoms with E-state index in [-0.39, 0.29) is 11.9 Å². The van der Waals surface area contributed by atoms with Gasteiger partial charge in [0.25, 0.3) is 0 Å². The molecule has 0 radical (unpaired) electrons. The molecule has 4 rings (SSSR count). The van der Waals surface area contributed by atoms with Crippen LogP contribution in [0, 0.1) is 5.82 Å². The summed E-state index contributed by atoms with van der Waals surface area (Å²) in [5.41, 5.74) is 0.996. The van der Waals surface area contributed by atoms with Gasteiger partial charge in [0, 0.05) is 24.1 Å². The fourth-order valence-electron chi connectivity index (χ4n) is 2.90. The highest BCUT2D eigenvalue weighted by Crippen LogP contribution is 2.38. The number of halogens is 2. The van der Waals surface area contributed by atoms with Crippen molar-refractivity contribution >= 4 is 50.4 Å². The molecule has 0 saturated carbocycles. The molecule has 3 aromatic rings. The quantitative estimate of drug-likeness (QED) is 0.401. The van der Waals surface area contributed by atoms with E-state index in [1.165, 1.54) is 18.4 Å². The molecule has 2 heterocycles. The zero-order valence-electron chi connectivity index (χ0n) is 14.9. The number of anilines is 2. The van der Waals surface area contributed by atoms with Gasteiger partial charge in [-0.3, -0.25) is 0 Å². The van der Waals surface area contributed by atoms with Crippen LogP contribution in [-0.2, 0) is 4.18 Å². The van der Waals surface area contributed by atoms with Gasteiger partial charge >= 0.3 is 0 Å². The molecule has 0 aliphatic carbocycles. The summed E-state index contributed by atoms with van der Waals surface area (Å²) in [6, 6.07) is 8.67. The molecule has 0 saturated heterocycles. The van der Waals surface area contributed by atoms with Gasteiger partial charge in [-0.1, -0.05) is 6.07 Å². The molecule has 0 bridgehead atoms. The number of fused-ring (bicyclic) bond motifs is 2. The number of hydrogen-bond donors (Lipinski definition) is 1. The predicted octanol–water partition coefficient (Wildman–Crippen LogP) is 5.10. The number of aromatic nitrogens is 2. The Morgan fingerprint density at radius 1 is 1.32 bits per heavy atom. The van der Waals surface area contributed by atoms with Crippen LogP contribution in [0.25, 0.3) is 10.9 Å². The van der Waals surface area contributed by atoms with Crippen molar-refractivity contribution in [2.45, 2.75) is 12.5 Å². The third-order valence-corrected chi connectivity index (χ3v) is 5.28. The molecule has 1 N–H and O–H groups in total. The first kappa shape index (κ1) is 19.2. The molecule has 0 spiro atoms. The number of hydrogen-bond acceptors (Lipinski definition) is 7. The van der Waals surface area contributed by atoms with Crippen LogP contribution in [0.4, 0.5) is 15.9 Å². The Balaban J connectivity index is 1.64. The zero-order chi connectivity index (χ0) is 19.5. The van der Waals surface area contributed by atoms with Crippen molar-refractivity contribution in [2.75, 3.05) is 24.8 Å². The first-order chi connectivity index (χ1) is 13.7. The van der Waals surface area contributed by atoms with Crippen LogP contribution in [0.2, 0.25) is 0 Å². The van der Waals surface area contributed by atoms with Crippen molar-refractivity contribution in [3.63, 3.8) is 0 Å². The smallest absolute Gasteiger partial charge is 0.163 e. The summed E-state index contributed by atoms with van der Waals surface area (Å²) in [6.07, 6.45) is 3.93. The molecule has 6 nitrogen and oxygen atoms in total. The highest BCUT2D eigenvalue weighted by atomic mass is 79.9. The second kappa shape index (κ2) is 8.50. The van der Waals surface area contributed by atoms with E-state index in [4.69, 9.17) is 13.7 Å². The third kappa shape index (κ3) is 4.01. The molecule has 0 amide bonds. The summed E-state index contributed by atoms with van der Waals surface area (Å²) in [7, 11) is 0. The van der Waals surface area contributed by atoms with Crippen LogP contribution in [0.5, 0.6) is 11.5 Å². The van der Waals surface area contributed by atoms with E-state index < -0.39 is 0 Å². The van der Waals surface area contributed by atoms with Gasteiger partial charge in [0.15, 0.2) is 17.3 Å². The molecule has 146 valence electrons. The van der Waals surface area contributed by atoms with Crippen molar-refractivity contribution in [1.82, 2.24) is 9.97 Å². The van der Waals surface area contributed by atoms with Gasteiger partial charge < -0.3 is 19.0 Å². The molecule has 1 unspecified atom stereocenters. The molecular weight excluding hydrogens is 449 g/mol. The minimum absolute atomic E-state index is 0.0966. The lowest BCUT2D eigenvalue weighted by Gasteiger charge is -2.26. The van der Waals surface area contributed by atoms with Crippen molar-refractivity contribution in [3.05, 3.63) is 46.9 Å². The average molecular weight is 466 g/mol. The summed E-state index contributed by atoms with van der Waals surface area (Å²) in [5.74, 6) is 1.34. The van der Waals surface area contributed by atoms with Crippen molar-refractivity contribution < 1.29 is 18.0 Å². The predicted molar refractivity (Wildman–Crippen MR) is 111 cm³/mol. The Bertz CT molecular complexity index is 1010. The van der Waals surface area contributed by atoms with Gasteiger partial charge in [-0.05, 0) is 46.2 Å². The first-order valence-electron chi connectivity index (χ1n) is 8.60. The maximum Gasteiger partial charge on any atom is 0.163 e. The van der Waals surface area contributed by atoms with Crippen LogP contribution in [-0.4, -0.2) is 35.5 Å². The standard InChI is InChI=1S/C19H17BrFN3O3S/c1-28-26-6-5-11-9-25-16-8-15-12(7-17(16)27-11)19(23-10-22-15)24-14-4-2-3-13(20)18(14)21/h2-4,7-8,10-11H,5-6,9H2,1H3,(H,22,23,24). The van der Waals surface area contributed by atoms with Crippen LogP contribution >= 0.6 is 28.0 Å². The molecule has 0 fully saturated rings. The normalized spacial score (nSPS) is 15.6. The van der Waals surface area contributed by atoms with Crippen LogP contribution in [0.3, 0.4) is 0 Å². The fraction of sp³-hybridized carbons (Fsp3) is 0.263. The van der Waals surface area contributed by atoms with Crippen LogP contribution in [0.15, 0.2) is 41.1 Å². The Kier molecular flexibility index (Phi) is 5.84. The molecule has 1 atom stereocenters. The summed E-state index contributed by atoms with van der Waals surface area (Å²) in [5, 5.41) is 3.75. The maximum atomic E-state index is 14.3. The monoisotopic (exact) mass is 465 g/mol. The molecule has 9 heteroatoms. The Morgan fingerprint density at radius 3 is 3.07 bits per heavy atom. The van der Waals surface area contributed by atoms with Gasteiger partial charge in [-0.15, -0.1) is 0 Å². The van der Waals surface area contributed by atoms with E-state index in [0.29, 0.717) is 51.6 Å². The van der Waals surface area contributed by atoms with Gasteiger partial charge in [0.05, 0.1) is 22.3 Å². The second-order valence-corrected chi connectivity index (χ2v) is 7.52. The zero-order valence-corrected chi connectivity index (χ0v) is 17.3. The molecule has 1 aliphatic rings. The summed E-state index contributed by atoms with van der Waals surface area (Å²) in [6.45, 7) is 1.03. The van der Waals surface area contributed by atoms with Crippen molar-refractivity contribution in [2.24, 2.45) is 0 Å². The van der Waals surface area contributed by atoms with Crippen molar-refractivity contribution in [3.8, 4) is 11.5 Å². The summed E-state index contributed by atoms with van der Waals surface area (Å²) < 4.78 is 31.9. The van der Waals surface area contributed by atoms with Gasteiger partial charge in [0.1, 0.15) is 24.9 Å². The number of benzene rings is 2. The largest absolute Gasteiger partial charge is 0.486 e. The lowest BCUT2D eigenvalue weighted by atomic mass is 10.1. The van der Waals surface area contributed by atoms with E-state index in [1.807, 2.05) is 18.4 Å². The Labute approximate surface area is 174 Å². The van der Waals surface area contributed by atoms with E-state index in [1.54, 1.807) is 18.2 Å². The van der Waals surface area contributed by atoms with Crippen LogP contribution in [0.1, 0.15) is 6.42 Å². The average Bonchev–Trinajstić information content (AvgIpc) is 2.70. The Morgan fingerprint density at radius 2 is 2.21 bits per heavy atom. The molecular formula is C19H17BrFN3O3S. The second-order valence-electron chi connectivity index (χ2n) is 6.09. The molecule has 2 aromatic carbocycles. The highest BCUT2D eigenvalue weighted by molar-refractivity contribution is 9.10. The van der Waals surface area contributed by atoms with Crippen LogP contribution < -0.4 is 14.8 Å². The fourth-order valence-corrected chi connectivity index (χ4v) is 3.53. The summed E-state index contributed by atoms with van der Waals surface area (Å²) >= 11 is 4.52. The minimum atomic E-state index is -0.388. The van der Waals surface area contributed by atoms with Gasteiger partial charge in [-0.2, -0.15) is 0 Å². The minimum Gasteiger partial charge on any atom is -0.486 e. The lowest BCUT2D eigenvalue weighted by Crippen LogP contribution is -2.30. The van der Waals surface area contributed by atoms with E-state index in [2.05, 4.69) is 31.2 Å². The molecule has 28 heavy (non-hydrogen) atoms. The topological polar surface area (TPSA) is 65.5 Å². The SMILES string of the molecule is CSOCCC1COc2cc3ncnc(Nc4cccc(Br)c4F)c3cc2O1. The van der Waals surface area contributed by atoms with E-state index >= 15 is 0 Å². The van der Waals surface area contributed by atoms with Crippen molar-refractivity contribution in [1.29, 1.82) is 0 Å². The van der Waals surface area contributed by atoms with Gasteiger partial charge in [-0.25, -0.2) is 14.4 Å². The molecule has 1 aliphatic heterocycles. The Hall–Kier alpha value is -2.10. The number of nitrogens with one attached hydrogen (secondary N) is 1. The van der Waals surface area contributed by atoms with E-state index in [0.717, 1.165) is 6.42 Å². The number of nitrogens with zero attached hydrogens (tertiary/aromatic N) is 2. The first-order valence-corrected chi connectivity index (χ1v) is 10.5. The third-order valence-electron chi connectivity index (χ3n) is 4.26. The molecule has 1 aromatic heterocycles. The van der Waals surface area contributed by atoms with Gasteiger partial charge in [0.2, 0.25) is 0 Å². The number of ether oxygens (including phenoxy) is 2. The number of rotatable bonds is 6.